The first-order chi connectivity index (χ1) is 7.75. The molecule has 0 aliphatic carbocycles. The fraction of sp³-hybridized carbons (Fsp3) is 0.400. The summed E-state index contributed by atoms with van der Waals surface area (Å²) in [5.41, 5.74) is 0.166. The topological polar surface area (TPSA) is 46.2 Å². The summed E-state index contributed by atoms with van der Waals surface area (Å²) in [6.07, 6.45) is -3.76. The van der Waals surface area contributed by atoms with Gasteiger partial charge in [-0.1, -0.05) is 12.1 Å². The molecule has 0 amide bonds. The highest BCUT2D eigenvalue weighted by molar-refractivity contribution is 5.27. The Bertz CT molecular complexity index is 381. The number of alkyl halides is 4. The van der Waals surface area contributed by atoms with E-state index in [2.05, 4.69) is 5.73 Å². The first kappa shape index (κ1) is 13.9. The predicted molar refractivity (Wildman–Crippen MR) is 50.3 cm³/mol. The average Bonchev–Trinajstić information content (AvgIpc) is 2.28. The highest BCUT2D eigenvalue weighted by atomic mass is 19.3. The van der Waals surface area contributed by atoms with Crippen molar-refractivity contribution >= 4 is 0 Å². The summed E-state index contributed by atoms with van der Waals surface area (Å²) in [5, 5.41) is 9.48. The Morgan fingerprint density at radius 3 is 2.00 bits per heavy atom. The highest BCUT2D eigenvalue weighted by Gasteiger charge is 2.59. The second kappa shape index (κ2) is 4.58. The van der Waals surface area contributed by atoms with Crippen LogP contribution in [0.5, 0.6) is 0 Å². The molecule has 7 heteroatoms. The summed E-state index contributed by atoms with van der Waals surface area (Å²) in [5.74, 6) is -5.01. The van der Waals surface area contributed by atoms with E-state index >= 15 is 0 Å². The second-order valence-corrected chi connectivity index (χ2v) is 3.48. The lowest BCUT2D eigenvalue weighted by atomic mass is 9.87. The Balaban J connectivity index is 3.30. The molecule has 2 nitrogen and oxygen atoms in total. The molecule has 0 saturated heterocycles. The molecule has 96 valence electrons. The number of hydrogen-bond acceptors (Lipinski definition) is 2. The van der Waals surface area contributed by atoms with E-state index in [9.17, 15) is 27.1 Å². The van der Waals surface area contributed by atoms with E-state index in [1.807, 2.05) is 0 Å². The van der Waals surface area contributed by atoms with Crippen LogP contribution in [0.3, 0.4) is 0 Å². The van der Waals surface area contributed by atoms with Crippen LogP contribution >= 0.6 is 0 Å². The van der Waals surface area contributed by atoms with Crippen molar-refractivity contribution < 1.29 is 27.1 Å². The molecule has 0 radical (unpaired) electrons. The van der Waals surface area contributed by atoms with Gasteiger partial charge >= 0.3 is 0 Å². The summed E-state index contributed by atoms with van der Waals surface area (Å²) in [7, 11) is 0. The molecule has 0 fully saturated rings. The van der Waals surface area contributed by atoms with Gasteiger partial charge in [0.05, 0.1) is 6.54 Å². The SMILES string of the molecule is NCC(F)(F)C(O)(c1ccc(F)cc1)C(F)F. The Morgan fingerprint density at radius 1 is 1.18 bits per heavy atom. The zero-order chi connectivity index (χ0) is 13.3. The third kappa shape index (κ3) is 2.25. The van der Waals surface area contributed by atoms with E-state index in [0.717, 1.165) is 0 Å². The summed E-state index contributed by atoms with van der Waals surface area (Å²) in [6, 6.07) is 2.75. The van der Waals surface area contributed by atoms with Gasteiger partial charge in [0.1, 0.15) is 5.82 Å². The summed E-state index contributed by atoms with van der Waals surface area (Å²) in [4.78, 5) is 0. The van der Waals surface area contributed by atoms with E-state index in [4.69, 9.17) is 0 Å². The van der Waals surface area contributed by atoms with Crippen molar-refractivity contribution in [3.8, 4) is 0 Å². The molecule has 1 unspecified atom stereocenters. The van der Waals surface area contributed by atoms with Gasteiger partial charge in [-0.05, 0) is 17.7 Å². The summed E-state index contributed by atoms with van der Waals surface area (Å²) >= 11 is 0. The Morgan fingerprint density at radius 2 is 1.65 bits per heavy atom. The molecule has 0 aromatic heterocycles. The number of aliphatic hydroxyl groups is 1. The van der Waals surface area contributed by atoms with Crippen molar-refractivity contribution in [1.82, 2.24) is 0 Å². The maximum absolute atomic E-state index is 13.3. The van der Waals surface area contributed by atoms with Gasteiger partial charge in [-0.25, -0.2) is 22.0 Å². The second-order valence-electron chi connectivity index (χ2n) is 3.48. The van der Waals surface area contributed by atoms with Crippen LogP contribution in [-0.2, 0) is 5.60 Å². The molecule has 0 aliphatic heterocycles. The first-order valence-electron chi connectivity index (χ1n) is 4.60. The van der Waals surface area contributed by atoms with E-state index in [1.165, 1.54) is 0 Å². The van der Waals surface area contributed by atoms with Crippen LogP contribution in [0.25, 0.3) is 0 Å². The fourth-order valence-electron chi connectivity index (χ4n) is 1.36. The Kier molecular flexibility index (Phi) is 3.73. The minimum absolute atomic E-state index is 0.672. The molecule has 1 aromatic carbocycles. The number of rotatable bonds is 4. The molecule has 0 bridgehead atoms. The van der Waals surface area contributed by atoms with Crippen LogP contribution in [0.4, 0.5) is 22.0 Å². The molecule has 0 aliphatic rings. The Labute approximate surface area is 93.9 Å². The molecule has 0 spiro atoms. The van der Waals surface area contributed by atoms with Gasteiger partial charge in [-0.15, -0.1) is 0 Å². The van der Waals surface area contributed by atoms with Gasteiger partial charge in [0.25, 0.3) is 12.3 Å². The zero-order valence-corrected chi connectivity index (χ0v) is 8.51. The molecular formula is C10H10F5NO. The smallest absolute Gasteiger partial charge is 0.297 e. The standard InChI is InChI=1S/C10H10F5NO/c11-7-3-1-6(2-4-7)10(17,8(12)13)9(14,15)5-16/h1-4,8,17H,5,16H2. The lowest BCUT2D eigenvalue weighted by Crippen LogP contribution is -2.54. The molecule has 17 heavy (non-hydrogen) atoms. The van der Waals surface area contributed by atoms with Crippen LogP contribution in [0.2, 0.25) is 0 Å². The quantitative estimate of drug-likeness (QED) is 0.807. The van der Waals surface area contributed by atoms with E-state index in [0.29, 0.717) is 24.3 Å². The van der Waals surface area contributed by atoms with Gasteiger partial charge in [-0.2, -0.15) is 0 Å². The molecule has 0 heterocycles. The van der Waals surface area contributed by atoms with E-state index in [1.54, 1.807) is 0 Å². The monoisotopic (exact) mass is 255 g/mol. The van der Waals surface area contributed by atoms with Gasteiger partial charge in [0.2, 0.25) is 5.60 Å². The molecule has 0 saturated carbocycles. The van der Waals surface area contributed by atoms with Gasteiger partial charge < -0.3 is 10.8 Å². The van der Waals surface area contributed by atoms with Gasteiger partial charge in [0, 0.05) is 0 Å². The molecule has 1 atom stereocenters. The number of nitrogens with two attached hydrogens (primary N) is 1. The minimum atomic E-state index is -4.22. The van der Waals surface area contributed by atoms with Crippen LogP contribution < -0.4 is 5.73 Å². The van der Waals surface area contributed by atoms with Crippen molar-refractivity contribution in [1.29, 1.82) is 0 Å². The predicted octanol–water partition coefficient (Wildman–Crippen LogP) is 1.87. The van der Waals surface area contributed by atoms with E-state index < -0.39 is 35.9 Å². The number of hydrogen-bond donors (Lipinski definition) is 2. The summed E-state index contributed by atoms with van der Waals surface area (Å²) in [6.45, 7) is -1.45. The summed E-state index contributed by atoms with van der Waals surface area (Å²) < 4.78 is 64.5. The van der Waals surface area contributed by atoms with Crippen LogP contribution in [0.1, 0.15) is 5.56 Å². The normalized spacial score (nSPS) is 16.0. The fourth-order valence-corrected chi connectivity index (χ4v) is 1.36. The zero-order valence-electron chi connectivity index (χ0n) is 8.51. The van der Waals surface area contributed by atoms with Gasteiger partial charge in [0.15, 0.2) is 0 Å². The third-order valence-corrected chi connectivity index (χ3v) is 2.41. The van der Waals surface area contributed by atoms with Crippen molar-refractivity contribution in [2.45, 2.75) is 17.9 Å². The van der Waals surface area contributed by atoms with E-state index in [-0.39, 0.29) is 0 Å². The van der Waals surface area contributed by atoms with Gasteiger partial charge in [-0.3, -0.25) is 0 Å². The number of benzene rings is 1. The molecule has 1 rings (SSSR count). The Hall–Kier alpha value is -1.21. The molecular weight excluding hydrogens is 245 g/mol. The van der Waals surface area contributed by atoms with Crippen LogP contribution in [-0.4, -0.2) is 24.0 Å². The van der Waals surface area contributed by atoms with Crippen molar-refractivity contribution in [2.75, 3.05) is 6.54 Å². The lowest BCUT2D eigenvalue weighted by Gasteiger charge is -2.34. The first-order valence-corrected chi connectivity index (χ1v) is 4.60. The maximum Gasteiger partial charge on any atom is 0.297 e. The highest BCUT2D eigenvalue weighted by Crippen LogP contribution is 2.41. The number of halogens is 5. The van der Waals surface area contributed by atoms with Crippen molar-refractivity contribution in [3.05, 3.63) is 35.6 Å². The maximum atomic E-state index is 13.3. The van der Waals surface area contributed by atoms with Crippen LogP contribution in [0.15, 0.2) is 24.3 Å². The van der Waals surface area contributed by atoms with Crippen molar-refractivity contribution in [2.24, 2.45) is 5.73 Å². The molecule has 1 aromatic rings. The van der Waals surface area contributed by atoms with Crippen LogP contribution in [0, 0.1) is 5.82 Å². The van der Waals surface area contributed by atoms with Crippen molar-refractivity contribution in [3.63, 3.8) is 0 Å². The molecule has 3 N–H and O–H groups in total. The average molecular weight is 255 g/mol. The minimum Gasteiger partial charge on any atom is -0.374 e. The third-order valence-electron chi connectivity index (χ3n) is 2.41. The lowest BCUT2D eigenvalue weighted by molar-refractivity contribution is -0.239. The largest absolute Gasteiger partial charge is 0.374 e.